The third-order valence-electron chi connectivity index (χ3n) is 2.37. The van der Waals surface area contributed by atoms with E-state index >= 15 is 0 Å². The number of aromatic nitrogens is 2. The molecule has 0 atom stereocenters. The summed E-state index contributed by atoms with van der Waals surface area (Å²) in [6.07, 6.45) is 3.68. The summed E-state index contributed by atoms with van der Waals surface area (Å²) < 4.78 is 1.12. The van der Waals surface area contributed by atoms with Gasteiger partial charge in [0.2, 0.25) is 0 Å². The molecule has 0 bridgehead atoms. The van der Waals surface area contributed by atoms with Gasteiger partial charge < -0.3 is 0 Å². The first-order valence-electron chi connectivity index (χ1n) is 5.27. The zero-order chi connectivity index (χ0) is 11.4. The molecule has 0 N–H and O–H groups in total. The van der Waals surface area contributed by atoms with Crippen LogP contribution in [0.15, 0.2) is 41.0 Å². The van der Waals surface area contributed by atoms with Gasteiger partial charge in [-0.2, -0.15) is 0 Å². The highest BCUT2D eigenvalue weighted by atomic mass is 79.9. The third-order valence-corrected chi connectivity index (χ3v) is 2.86. The maximum Gasteiger partial charge on any atom is 0.128 e. The number of rotatable bonds is 3. The minimum atomic E-state index is 0.887. The second-order valence-corrected chi connectivity index (χ2v) is 4.66. The largest absolute Gasteiger partial charge is 0.241 e. The van der Waals surface area contributed by atoms with E-state index < -0.39 is 0 Å². The summed E-state index contributed by atoms with van der Waals surface area (Å²) in [7, 11) is 0. The quantitative estimate of drug-likeness (QED) is 0.860. The molecule has 0 aliphatic carbocycles. The lowest BCUT2D eigenvalue weighted by Gasteiger charge is -2.02. The molecule has 2 rings (SSSR count). The Labute approximate surface area is 104 Å². The van der Waals surface area contributed by atoms with E-state index in [0.717, 1.165) is 28.8 Å². The Morgan fingerprint density at radius 3 is 2.81 bits per heavy atom. The van der Waals surface area contributed by atoms with Crippen molar-refractivity contribution in [1.29, 1.82) is 0 Å². The lowest BCUT2D eigenvalue weighted by atomic mass is 10.1. The fourth-order valence-corrected chi connectivity index (χ4v) is 2.02. The van der Waals surface area contributed by atoms with E-state index in [1.54, 1.807) is 0 Å². The van der Waals surface area contributed by atoms with Crippen molar-refractivity contribution in [2.45, 2.75) is 19.8 Å². The molecule has 1 heterocycles. The third kappa shape index (κ3) is 3.14. The molecule has 0 fully saturated rings. The number of nitrogens with zero attached hydrogens (tertiary/aromatic N) is 2. The maximum absolute atomic E-state index is 4.39. The van der Waals surface area contributed by atoms with Crippen LogP contribution in [0.3, 0.4) is 0 Å². The van der Waals surface area contributed by atoms with Gasteiger partial charge in [0.1, 0.15) is 5.82 Å². The molecule has 16 heavy (non-hydrogen) atoms. The van der Waals surface area contributed by atoms with Gasteiger partial charge in [0.15, 0.2) is 0 Å². The Hall–Kier alpha value is -1.22. The molecule has 3 heteroatoms. The Kier molecular flexibility index (Phi) is 3.67. The Morgan fingerprint density at radius 2 is 2.06 bits per heavy atom. The molecule has 2 nitrogen and oxygen atoms in total. The fourth-order valence-electron chi connectivity index (χ4n) is 1.57. The maximum atomic E-state index is 4.39. The molecule has 0 radical (unpaired) electrons. The van der Waals surface area contributed by atoms with Crippen molar-refractivity contribution in [2.75, 3.05) is 0 Å². The second-order valence-electron chi connectivity index (χ2n) is 3.74. The van der Waals surface area contributed by atoms with E-state index in [4.69, 9.17) is 0 Å². The van der Waals surface area contributed by atoms with E-state index in [1.807, 2.05) is 25.3 Å². The topological polar surface area (TPSA) is 25.8 Å². The molecule has 0 unspecified atom stereocenters. The van der Waals surface area contributed by atoms with Crippen molar-refractivity contribution in [3.63, 3.8) is 0 Å². The van der Waals surface area contributed by atoms with Gasteiger partial charge in [-0.25, -0.2) is 9.97 Å². The Bertz CT molecular complexity index is 437. The average molecular weight is 277 g/mol. The minimum absolute atomic E-state index is 0.887. The molecule has 0 saturated heterocycles. The van der Waals surface area contributed by atoms with Gasteiger partial charge in [-0.05, 0) is 37.1 Å². The first-order valence-corrected chi connectivity index (χ1v) is 6.06. The molecule has 1 aromatic heterocycles. The Morgan fingerprint density at radius 1 is 1.19 bits per heavy atom. The standard InChI is InChI=1S/C13H13BrN2/c1-10-7-8-15-13(16-10)6-5-11-3-2-4-12(14)9-11/h2-4,7-9H,5-6H2,1H3. The summed E-state index contributed by atoms with van der Waals surface area (Å²) in [6, 6.07) is 10.3. The van der Waals surface area contributed by atoms with Gasteiger partial charge >= 0.3 is 0 Å². The van der Waals surface area contributed by atoms with Crippen molar-refractivity contribution in [2.24, 2.45) is 0 Å². The SMILES string of the molecule is Cc1ccnc(CCc2cccc(Br)c2)n1. The molecule has 0 aliphatic rings. The number of hydrogen-bond donors (Lipinski definition) is 0. The van der Waals surface area contributed by atoms with E-state index in [0.29, 0.717) is 0 Å². The van der Waals surface area contributed by atoms with Gasteiger partial charge in [0.05, 0.1) is 0 Å². The van der Waals surface area contributed by atoms with Crippen LogP contribution in [0.5, 0.6) is 0 Å². The molecule has 82 valence electrons. The van der Waals surface area contributed by atoms with Crippen LogP contribution in [0.25, 0.3) is 0 Å². The van der Waals surface area contributed by atoms with Gasteiger partial charge in [0.25, 0.3) is 0 Å². The van der Waals surface area contributed by atoms with Crippen molar-refractivity contribution < 1.29 is 0 Å². The lowest BCUT2D eigenvalue weighted by Crippen LogP contribution is -1.98. The van der Waals surface area contributed by atoms with Crippen molar-refractivity contribution in [3.8, 4) is 0 Å². The van der Waals surface area contributed by atoms with Crippen LogP contribution in [0, 0.1) is 6.92 Å². The summed E-state index contributed by atoms with van der Waals surface area (Å²) in [5.41, 5.74) is 2.33. The monoisotopic (exact) mass is 276 g/mol. The summed E-state index contributed by atoms with van der Waals surface area (Å²) in [6.45, 7) is 1.99. The smallest absolute Gasteiger partial charge is 0.128 e. The molecule has 0 aliphatic heterocycles. The zero-order valence-electron chi connectivity index (χ0n) is 9.15. The van der Waals surface area contributed by atoms with Crippen LogP contribution in [0.2, 0.25) is 0 Å². The molecular formula is C13H13BrN2. The van der Waals surface area contributed by atoms with E-state index in [-0.39, 0.29) is 0 Å². The van der Waals surface area contributed by atoms with Crippen LogP contribution in [0.4, 0.5) is 0 Å². The summed E-state index contributed by atoms with van der Waals surface area (Å²) in [5.74, 6) is 0.917. The highest BCUT2D eigenvalue weighted by molar-refractivity contribution is 9.10. The summed E-state index contributed by atoms with van der Waals surface area (Å²) in [4.78, 5) is 8.64. The number of aryl methyl sites for hydroxylation is 3. The van der Waals surface area contributed by atoms with Crippen molar-refractivity contribution in [3.05, 3.63) is 58.1 Å². The van der Waals surface area contributed by atoms with Crippen LogP contribution >= 0.6 is 15.9 Å². The Balaban J connectivity index is 2.02. The molecule has 1 aromatic carbocycles. The van der Waals surface area contributed by atoms with E-state index in [1.165, 1.54) is 5.56 Å². The molecule has 0 amide bonds. The fraction of sp³-hybridized carbons (Fsp3) is 0.231. The average Bonchev–Trinajstić information content (AvgIpc) is 2.27. The molecule has 0 spiro atoms. The molecule has 2 aromatic rings. The summed E-state index contributed by atoms with van der Waals surface area (Å²) >= 11 is 3.47. The van der Waals surface area contributed by atoms with Crippen molar-refractivity contribution in [1.82, 2.24) is 9.97 Å². The van der Waals surface area contributed by atoms with Crippen molar-refractivity contribution >= 4 is 15.9 Å². The predicted molar refractivity (Wildman–Crippen MR) is 68.3 cm³/mol. The summed E-state index contributed by atoms with van der Waals surface area (Å²) in [5, 5.41) is 0. The first kappa shape index (κ1) is 11.3. The number of halogens is 1. The molecule has 0 saturated carbocycles. The lowest BCUT2D eigenvalue weighted by molar-refractivity contribution is 0.846. The van der Waals surface area contributed by atoms with E-state index in [9.17, 15) is 0 Å². The van der Waals surface area contributed by atoms with Gasteiger partial charge in [0, 0.05) is 22.8 Å². The number of benzene rings is 1. The van der Waals surface area contributed by atoms with E-state index in [2.05, 4.69) is 44.1 Å². The highest BCUT2D eigenvalue weighted by Crippen LogP contribution is 2.13. The normalized spacial score (nSPS) is 10.4. The zero-order valence-corrected chi connectivity index (χ0v) is 10.7. The van der Waals surface area contributed by atoms with Gasteiger partial charge in [-0.3, -0.25) is 0 Å². The first-order chi connectivity index (χ1) is 7.74. The predicted octanol–water partition coefficient (Wildman–Crippen LogP) is 3.33. The van der Waals surface area contributed by atoms with Crippen LogP contribution in [-0.2, 0) is 12.8 Å². The van der Waals surface area contributed by atoms with Gasteiger partial charge in [-0.15, -0.1) is 0 Å². The molecular weight excluding hydrogens is 264 g/mol. The van der Waals surface area contributed by atoms with Gasteiger partial charge in [-0.1, -0.05) is 28.1 Å². The van der Waals surface area contributed by atoms with Crippen LogP contribution < -0.4 is 0 Å². The number of hydrogen-bond acceptors (Lipinski definition) is 2. The second kappa shape index (κ2) is 5.21. The van der Waals surface area contributed by atoms with Crippen LogP contribution in [-0.4, -0.2) is 9.97 Å². The highest BCUT2D eigenvalue weighted by Gasteiger charge is 1.99. The van der Waals surface area contributed by atoms with Crippen LogP contribution in [0.1, 0.15) is 17.1 Å². The minimum Gasteiger partial charge on any atom is -0.241 e.